The van der Waals surface area contributed by atoms with Crippen molar-refractivity contribution in [2.24, 2.45) is 0 Å². The third kappa shape index (κ3) is 2.23. The Morgan fingerprint density at radius 2 is 1.93 bits per heavy atom. The number of hydrogen-bond donors (Lipinski definition) is 1. The lowest BCUT2D eigenvalue weighted by Crippen LogP contribution is -2.23. The van der Waals surface area contributed by atoms with Crippen LogP contribution in [-0.4, -0.2) is 18.2 Å². The zero-order valence-corrected chi connectivity index (χ0v) is 8.63. The average molecular weight is 197 g/mol. The van der Waals surface area contributed by atoms with E-state index in [1.165, 1.54) is 12.1 Å². The van der Waals surface area contributed by atoms with Crippen LogP contribution in [0.25, 0.3) is 0 Å². The van der Waals surface area contributed by atoms with Crippen molar-refractivity contribution in [3.05, 3.63) is 29.6 Å². The third-order valence-corrected chi connectivity index (χ3v) is 2.32. The number of hydrogen-bond acceptors (Lipinski definition) is 2. The first-order chi connectivity index (χ1) is 6.72. The second kappa shape index (κ2) is 4.96. The van der Waals surface area contributed by atoms with Crippen LogP contribution in [0.2, 0.25) is 0 Å². The van der Waals surface area contributed by atoms with Crippen LogP contribution in [0.1, 0.15) is 19.4 Å². The highest BCUT2D eigenvalue weighted by atomic mass is 19.1. The molecule has 0 saturated heterocycles. The summed E-state index contributed by atoms with van der Waals surface area (Å²) in [5.41, 5.74) is 1.56. The van der Waals surface area contributed by atoms with E-state index in [2.05, 4.69) is 4.90 Å². The molecule has 1 aromatic rings. The quantitative estimate of drug-likeness (QED) is 0.799. The van der Waals surface area contributed by atoms with Crippen molar-refractivity contribution in [2.75, 3.05) is 18.0 Å². The van der Waals surface area contributed by atoms with Gasteiger partial charge in [0, 0.05) is 24.3 Å². The van der Waals surface area contributed by atoms with Gasteiger partial charge in [-0.05, 0) is 32.0 Å². The van der Waals surface area contributed by atoms with Crippen molar-refractivity contribution < 1.29 is 9.50 Å². The Morgan fingerprint density at radius 3 is 2.43 bits per heavy atom. The fraction of sp³-hybridized carbons (Fsp3) is 0.455. The number of rotatable bonds is 4. The van der Waals surface area contributed by atoms with Crippen LogP contribution in [-0.2, 0) is 6.61 Å². The molecule has 0 unspecified atom stereocenters. The smallest absolute Gasteiger partial charge is 0.123 e. The lowest BCUT2D eigenvalue weighted by Gasteiger charge is -2.23. The third-order valence-electron chi connectivity index (χ3n) is 2.32. The van der Waals surface area contributed by atoms with Crippen LogP contribution in [0.3, 0.4) is 0 Å². The molecule has 0 saturated carbocycles. The Balaban J connectivity index is 3.06. The van der Waals surface area contributed by atoms with E-state index in [0.29, 0.717) is 5.56 Å². The van der Waals surface area contributed by atoms with Gasteiger partial charge in [-0.1, -0.05) is 0 Å². The van der Waals surface area contributed by atoms with Gasteiger partial charge in [0.25, 0.3) is 0 Å². The van der Waals surface area contributed by atoms with Gasteiger partial charge in [0.05, 0.1) is 6.61 Å². The molecule has 1 aromatic carbocycles. The van der Waals surface area contributed by atoms with E-state index in [1.807, 2.05) is 13.8 Å². The number of anilines is 1. The lowest BCUT2D eigenvalue weighted by molar-refractivity contribution is 0.281. The highest BCUT2D eigenvalue weighted by molar-refractivity contribution is 5.53. The van der Waals surface area contributed by atoms with Crippen molar-refractivity contribution in [3.63, 3.8) is 0 Å². The van der Waals surface area contributed by atoms with E-state index in [0.717, 1.165) is 18.8 Å². The number of aliphatic hydroxyl groups excluding tert-OH is 1. The van der Waals surface area contributed by atoms with Gasteiger partial charge in [-0.3, -0.25) is 0 Å². The molecule has 2 nitrogen and oxygen atoms in total. The number of benzene rings is 1. The molecule has 0 heterocycles. The first kappa shape index (κ1) is 11.0. The molecule has 1 rings (SSSR count). The highest BCUT2D eigenvalue weighted by Crippen LogP contribution is 2.21. The van der Waals surface area contributed by atoms with Crippen LogP contribution >= 0.6 is 0 Å². The minimum atomic E-state index is -0.301. The molecule has 0 fully saturated rings. The molecule has 78 valence electrons. The van der Waals surface area contributed by atoms with Crippen molar-refractivity contribution in [1.82, 2.24) is 0 Å². The van der Waals surface area contributed by atoms with Gasteiger partial charge in [0.1, 0.15) is 5.82 Å². The summed E-state index contributed by atoms with van der Waals surface area (Å²) in [5, 5.41) is 9.09. The summed E-state index contributed by atoms with van der Waals surface area (Å²) in [4.78, 5) is 2.09. The second-order valence-electron chi connectivity index (χ2n) is 3.10. The lowest BCUT2D eigenvalue weighted by atomic mass is 10.1. The minimum absolute atomic E-state index is 0.121. The maximum Gasteiger partial charge on any atom is 0.123 e. The van der Waals surface area contributed by atoms with E-state index >= 15 is 0 Å². The van der Waals surface area contributed by atoms with Gasteiger partial charge in [0.2, 0.25) is 0 Å². The molecule has 14 heavy (non-hydrogen) atoms. The fourth-order valence-corrected chi connectivity index (χ4v) is 1.55. The SMILES string of the molecule is CCN(CC)c1ccc(F)cc1CO. The Kier molecular flexibility index (Phi) is 3.89. The van der Waals surface area contributed by atoms with Gasteiger partial charge < -0.3 is 10.0 Å². The topological polar surface area (TPSA) is 23.5 Å². The van der Waals surface area contributed by atoms with Crippen LogP contribution in [0, 0.1) is 5.82 Å². The molecule has 0 atom stereocenters. The molecule has 0 radical (unpaired) electrons. The molecule has 1 N–H and O–H groups in total. The van der Waals surface area contributed by atoms with Crippen LogP contribution in [0.4, 0.5) is 10.1 Å². The fourth-order valence-electron chi connectivity index (χ4n) is 1.55. The Hall–Kier alpha value is -1.09. The Bertz CT molecular complexity index is 297. The minimum Gasteiger partial charge on any atom is -0.392 e. The highest BCUT2D eigenvalue weighted by Gasteiger charge is 2.08. The van der Waals surface area contributed by atoms with Crippen molar-refractivity contribution in [2.45, 2.75) is 20.5 Å². The van der Waals surface area contributed by atoms with Crippen molar-refractivity contribution in [1.29, 1.82) is 0 Å². The summed E-state index contributed by atoms with van der Waals surface area (Å²) in [5.74, 6) is -0.301. The van der Waals surface area contributed by atoms with Gasteiger partial charge in [-0.25, -0.2) is 4.39 Å². The monoisotopic (exact) mass is 197 g/mol. The van der Waals surface area contributed by atoms with E-state index in [-0.39, 0.29) is 12.4 Å². The molecule has 0 aliphatic carbocycles. The summed E-state index contributed by atoms with van der Waals surface area (Å²) in [6, 6.07) is 4.52. The Labute approximate surface area is 84.0 Å². The predicted octanol–water partition coefficient (Wildman–Crippen LogP) is 2.16. The van der Waals surface area contributed by atoms with Gasteiger partial charge in [-0.2, -0.15) is 0 Å². The molecule has 0 aromatic heterocycles. The van der Waals surface area contributed by atoms with Gasteiger partial charge >= 0.3 is 0 Å². The van der Waals surface area contributed by atoms with Crippen LogP contribution < -0.4 is 4.90 Å². The summed E-state index contributed by atoms with van der Waals surface area (Å²) in [7, 11) is 0. The molecular weight excluding hydrogens is 181 g/mol. The average Bonchev–Trinajstić information content (AvgIpc) is 2.21. The number of aliphatic hydroxyl groups is 1. The predicted molar refractivity (Wildman–Crippen MR) is 55.9 cm³/mol. The summed E-state index contributed by atoms with van der Waals surface area (Å²) >= 11 is 0. The largest absolute Gasteiger partial charge is 0.392 e. The van der Waals surface area contributed by atoms with Crippen molar-refractivity contribution in [3.8, 4) is 0 Å². The zero-order chi connectivity index (χ0) is 10.6. The van der Waals surface area contributed by atoms with E-state index in [9.17, 15) is 4.39 Å². The van der Waals surface area contributed by atoms with Gasteiger partial charge in [0.15, 0.2) is 0 Å². The van der Waals surface area contributed by atoms with Crippen LogP contribution in [0.5, 0.6) is 0 Å². The molecule has 3 heteroatoms. The van der Waals surface area contributed by atoms with Crippen molar-refractivity contribution >= 4 is 5.69 Å². The number of halogens is 1. The molecule has 0 amide bonds. The molecular formula is C11H16FNO. The Morgan fingerprint density at radius 1 is 1.29 bits per heavy atom. The van der Waals surface area contributed by atoms with Gasteiger partial charge in [-0.15, -0.1) is 0 Å². The van der Waals surface area contributed by atoms with E-state index in [4.69, 9.17) is 5.11 Å². The number of nitrogens with zero attached hydrogens (tertiary/aromatic N) is 1. The molecule has 0 bridgehead atoms. The normalized spacial score (nSPS) is 10.3. The summed E-state index contributed by atoms with van der Waals surface area (Å²) in [6.07, 6.45) is 0. The second-order valence-corrected chi connectivity index (χ2v) is 3.10. The van der Waals surface area contributed by atoms with E-state index < -0.39 is 0 Å². The maximum atomic E-state index is 12.9. The van der Waals surface area contributed by atoms with E-state index in [1.54, 1.807) is 6.07 Å². The summed E-state index contributed by atoms with van der Waals surface area (Å²) in [6.45, 7) is 5.66. The standard InChI is InChI=1S/C11H16FNO/c1-3-13(4-2)11-6-5-10(12)7-9(11)8-14/h5-7,14H,3-4,8H2,1-2H3. The maximum absolute atomic E-state index is 12.9. The molecule has 0 spiro atoms. The first-order valence-corrected chi connectivity index (χ1v) is 4.87. The summed E-state index contributed by atoms with van der Waals surface area (Å²) < 4.78 is 12.9. The molecule has 0 aliphatic rings. The van der Waals surface area contributed by atoms with Crippen LogP contribution in [0.15, 0.2) is 18.2 Å². The molecule has 0 aliphatic heterocycles. The zero-order valence-electron chi connectivity index (χ0n) is 8.63. The first-order valence-electron chi connectivity index (χ1n) is 4.87.